The summed E-state index contributed by atoms with van der Waals surface area (Å²) >= 11 is 0. The number of carbonyl (C=O) groups is 3. The highest BCUT2D eigenvalue weighted by atomic mass is 16.6. The van der Waals surface area contributed by atoms with Crippen molar-refractivity contribution in [2.45, 2.75) is 13.3 Å². The molecule has 0 unspecified atom stereocenters. The van der Waals surface area contributed by atoms with Crippen LogP contribution in [0.15, 0.2) is 36.4 Å². The fourth-order valence-electron chi connectivity index (χ4n) is 3.07. The van der Waals surface area contributed by atoms with Crippen LogP contribution in [0.4, 0.5) is 0 Å². The molecule has 0 saturated heterocycles. The van der Waals surface area contributed by atoms with Crippen molar-refractivity contribution in [3.8, 4) is 17.1 Å². The van der Waals surface area contributed by atoms with Crippen molar-refractivity contribution in [3.63, 3.8) is 0 Å². The predicted molar refractivity (Wildman–Crippen MR) is 129 cm³/mol. The van der Waals surface area contributed by atoms with Crippen molar-refractivity contribution in [1.29, 1.82) is 0 Å². The Balaban J connectivity index is 1.10. The van der Waals surface area contributed by atoms with E-state index < -0.39 is 11.8 Å². The van der Waals surface area contributed by atoms with Gasteiger partial charge in [-0.25, -0.2) is 0 Å². The summed E-state index contributed by atoms with van der Waals surface area (Å²) in [5, 5.41) is 18.5. The van der Waals surface area contributed by atoms with Crippen LogP contribution in [0.2, 0.25) is 0 Å². The average Bonchev–Trinajstić information content (AvgIpc) is 3.23. The Morgan fingerprint density at radius 1 is 0.811 bits per heavy atom. The lowest BCUT2D eigenvalue weighted by Crippen LogP contribution is -2.35. The number of nitrogens with zero attached hydrogens (tertiary/aromatic N) is 5. The molecule has 2 heterocycles. The van der Waals surface area contributed by atoms with Crippen LogP contribution in [0.25, 0.3) is 11.4 Å². The molecule has 1 aliphatic heterocycles. The van der Waals surface area contributed by atoms with Gasteiger partial charge in [0.2, 0.25) is 11.7 Å². The van der Waals surface area contributed by atoms with Gasteiger partial charge in [-0.1, -0.05) is 0 Å². The van der Waals surface area contributed by atoms with E-state index in [0.29, 0.717) is 70.2 Å². The molecular weight excluding hydrogens is 484 g/mol. The van der Waals surface area contributed by atoms with Gasteiger partial charge < -0.3 is 24.3 Å². The van der Waals surface area contributed by atoms with Crippen LogP contribution in [-0.4, -0.2) is 102 Å². The van der Waals surface area contributed by atoms with Crippen LogP contribution in [0.3, 0.4) is 0 Å². The Morgan fingerprint density at radius 2 is 1.38 bits per heavy atom. The predicted octanol–water partition coefficient (Wildman–Crippen LogP) is 0.102. The van der Waals surface area contributed by atoms with Gasteiger partial charge in [-0.2, -0.15) is 0 Å². The Morgan fingerprint density at radius 3 is 2.00 bits per heavy atom. The molecule has 1 N–H and O–H groups in total. The minimum atomic E-state index is -0.396. The summed E-state index contributed by atoms with van der Waals surface area (Å²) in [4.78, 5) is 35.6. The first kappa shape index (κ1) is 27.8. The summed E-state index contributed by atoms with van der Waals surface area (Å²) in [6.45, 7) is 4.93. The molecule has 0 radical (unpaired) electrons. The Hall–Kier alpha value is -3.81. The maximum Gasteiger partial charge on any atom is 0.253 e. The molecule has 1 aliphatic rings. The van der Waals surface area contributed by atoms with Crippen molar-refractivity contribution in [3.05, 3.63) is 42.2 Å². The second kappa shape index (κ2) is 15.3. The largest absolute Gasteiger partial charge is 0.491 e. The zero-order valence-electron chi connectivity index (χ0n) is 20.6. The van der Waals surface area contributed by atoms with Crippen molar-refractivity contribution < 1.29 is 33.3 Å². The monoisotopic (exact) mass is 514 g/mol. The fourth-order valence-corrected chi connectivity index (χ4v) is 3.07. The topological polar surface area (TPSA) is 155 Å². The molecule has 1 aromatic heterocycles. The van der Waals surface area contributed by atoms with E-state index in [0.717, 1.165) is 10.5 Å². The van der Waals surface area contributed by atoms with Crippen molar-refractivity contribution in [1.82, 2.24) is 30.6 Å². The number of benzene rings is 1. The van der Waals surface area contributed by atoms with Crippen molar-refractivity contribution in [2.75, 3.05) is 59.3 Å². The lowest BCUT2D eigenvalue weighted by atomic mass is 10.2. The minimum absolute atomic E-state index is 0.0544. The fraction of sp³-hybridized carbons (Fsp3) is 0.458. The van der Waals surface area contributed by atoms with E-state index in [-0.39, 0.29) is 18.9 Å². The number of nitrogens with one attached hydrogen (secondary N) is 1. The maximum atomic E-state index is 11.8. The van der Waals surface area contributed by atoms with Gasteiger partial charge in [0.1, 0.15) is 12.4 Å². The molecule has 0 atom stereocenters. The Bertz CT molecular complexity index is 1030. The smallest absolute Gasteiger partial charge is 0.253 e. The summed E-state index contributed by atoms with van der Waals surface area (Å²) in [7, 11) is 0. The molecule has 0 bridgehead atoms. The van der Waals surface area contributed by atoms with Crippen molar-refractivity contribution >= 4 is 17.7 Å². The molecule has 3 amide bonds. The third kappa shape index (κ3) is 9.99. The van der Waals surface area contributed by atoms with Gasteiger partial charge in [-0.05, 0) is 31.2 Å². The third-order valence-electron chi connectivity index (χ3n) is 4.96. The molecule has 0 saturated carbocycles. The van der Waals surface area contributed by atoms with Gasteiger partial charge in [0.25, 0.3) is 11.8 Å². The Kier molecular flexibility index (Phi) is 11.5. The summed E-state index contributed by atoms with van der Waals surface area (Å²) in [5.74, 6) is 0.639. The van der Waals surface area contributed by atoms with E-state index in [1.54, 1.807) is 6.92 Å². The van der Waals surface area contributed by atoms with Gasteiger partial charge in [0.15, 0.2) is 5.82 Å². The number of hydrogen-bond acceptors (Lipinski definition) is 11. The van der Waals surface area contributed by atoms with E-state index in [1.165, 1.54) is 12.2 Å². The van der Waals surface area contributed by atoms with Crippen LogP contribution in [0.1, 0.15) is 12.2 Å². The first-order valence-electron chi connectivity index (χ1n) is 11.8. The van der Waals surface area contributed by atoms with Crippen LogP contribution < -0.4 is 10.1 Å². The molecule has 13 heteroatoms. The van der Waals surface area contributed by atoms with Gasteiger partial charge in [0.05, 0.1) is 39.6 Å². The SMILES string of the molecule is Cc1nnc(-c2ccc(OCCOCCOCCOCCNC(=O)CCN3C(=O)C=CC3=O)cc2)nn1. The number of amides is 3. The van der Waals surface area contributed by atoms with Crippen LogP contribution in [0, 0.1) is 6.92 Å². The number of aryl methyl sites for hydroxylation is 1. The molecule has 2 aromatic rings. The number of ether oxygens (including phenoxy) is 4. The van der Waals surface area contributed by atoms with Crippen molar-refractivity contribution in [2.24, 2.45) is 0 Å². The number of imide groups is 1. The maximum absolute atomic E-state index is 11.8. The standard InChI is InChI=1S/C24H30N6O7/c1-18-26-28-24(29-27-18)19-2-4-20(5-3-19)37-17-16-36-15-14-35-13-12-34-11-9-25-21(31)8-10-30-22(32)6-7-23(30)33/h2-7H,8-17H2,1H3,(H,25,31). The van der Waals surface area contributed by atoms with Gasteiger partial charge in [-0.15, -0.1) is 20.4 Å². The van der Waals surface area contributed by atoms with Crippen LogP contribution in [0.5, 0.6) is 5.75 Å². The zero-order valence-corrected chi connectivity index (χ0v) is 20.6. The highest BCUT2D eigenvalue weighted by Crippen LogP contribution is 2.18. The van der Waals surface area contributed by atoms with Crippen LogP contribution >= 0.6 is 0 Å². The highest BCUT2D eigenvalue weighted by molar-refractivity contribution is 6.13. The normalized spacial score (nSPS) is 12.8. The van der Waals surface area contributed by atoms with E-state index in [2.05, 4.69) is 25.7 Å². The lowest BCUT2D eigenvalue weighted by molar-refractivity contribution is -0.137. The highest BCUT2D eigenvalue weighted by Gasteiger charge is 2.23. The van der Waals surface area contributed by atoms with Gasteiger partial charge in [0, 0.05) is 37.2 Å². The molecule has 198 valence electrons. The zero-order chi connectivity index (χ0) is 26.3. The molecule has 0 fully saturated rings. The lowest BCUT2D eigenvalue weighted by Gasteiger charge is -2.13. The van der Waals surface area contributed by atoms with E-state index >= 15 is 0 Å². The molecule has 1 aromatic carbocycles. The number of rotatable bonds is 17. The number of carbonyl (C=O) groups excluding carboxylic acids is 3. The molecular formula is C24H30N6O7. The summed E-state index contributed by atoms with van der Waals surface area (Å²) in [6.07, 6.45) is 2.44. The van der Waals surface area contributed by atoms with E-state index in [4.69, 9.17) is 18.9 Å². The van der Waals surface area contributed by atoms with Gasteiger partial charge >= 0.3 is 0 Å². The van der Waals surface area contributed by atoms with E-state index in [9.17, 15) is 14.4 Å². The molecule has 0 spiro atoms. The van der Waals surface area contributed by atoms with E-state index in [1.807, 2.05) is 24.3 Å². The summed E-state index contributed by atoms with van der Waals surface area (Å²) in [5.41, 5.74) is 0.804. The minimum Gasteiger partial charge on any atom is -0.491 e. The Labute approximate surface area is 214 Å². The van der Waals surface area contributed by atoms with Crippen LogP contribution in [-0.2, 0) is 28.6 Å². The number of aromatic nitrogens is 4. The first-order chi connectivity index (χ1) is 18.0. The number of hydrogen-bond donors (Lipinski definition) is 1. The molecule has 3 rings (SSSR count). The molecule has 37 heavy (non-hydrogen) atoms. The average molecular weight is 515 g/mol. The summed E-state index contributed by atoms with van der Waals surface area (Å²) < 4.78 is 21.9. The second-order valence-electron chi connectivity index (χ2n) is 7.74. The third-order valence-corrected chi connectivity index (χ3v) is 4.96. The summed E-state index contributed by atoms with van der Waals surface area (Å²) in [6, 6.07) is 7.33. The second-order valence-corrected chi connectivity index (χ2v) is 7.74. The quantitative estimate of drug-likeness (QED) is 0.226. The molecule has 0 aliphatic carbocycles. The molecule has 13 nitrogen and oxygen atoms in total. The first-order valence-corrected chi connectivity index (χ1v) is 11.8. The van der Waals surface area contributed by atoms with Gasteiger partial charge in [-0.3, -0.25) is 19.3 Å².